The lowest BCUT2D eigenvalue weighted by Gasteiger charge is -2.28. The van der Waals surface area contributed by atoms with Crippen molar-refractivity contribution in [2.24, 2.45) is 0 Å². The molecule has 4 rings (SSSR count). The first-order valence-corrected chi connectivity index (χ1v) is 9.36. The van der Waals surface area contributed by atoms with Gasteiger partial charge in [0.15, 0.2) is 0 Å². The van der Waals surface area contributed by atoms with Gasteiger partial charge in [-0.05, 0) is 37.9 Å². The minimum Gasteiger partial charge on any atom is -0.508 e. The molecule has 28 heavy (non-hydrogen) atoms. The normalized spacial score (nSPS) is 15.1. The lowest BCUT2D eigenvalue weighted by atomic mass is 9.84. The van der Waals surface area contributed by atoms with Crippen LogP contribution in [0.3, 0.4) is 0 Å². The molecule has 0 spiro atoms. The second kappa shape index (κ2) is 7.30. The number of aromatic nitrogens is 2. The quantitative estimate of drug-likeness (QED) is 0.553. The zero-order valence-electron chi connectivity index (χ0n) is 15.7. The zero-order valence-corrected chi connectivity index (χ0v) is 16.4. The van der Waals surface area contributed by atoms with Gasteiger partial charge in [-0.25, -0.2) is 4.98 Å². The van der Waals surface area contributed by atoms with Crippen LogP contribution in [0, 0.1) is 5.41 Å². The van der Waals surface area contributed by atoms with E-state index < -0.39 is 0 Å². The van der Waals surface area contributed by atoms with Gasteiger partial charge in [0.1, 0.15) is 23.3 Å². The molecule has 3 aromatic rings. The third-order valence-electron chi connectivity index (χ3n) is 4.88. The van der Waals surface area contributed by atoms with Crippen molar-refractivity contribution in [1.82, 2.24) is 14.5 Å². The van der Waals surface area contributed by atoms with Gasteiger partial charge in [0, 0.05) is 35.7 Å². The van der Waals surface area contributed by atoms with Gasteiger partial charge in [0.05, 0.1) is 5.56 Å². The average molecular weight is 397 g/mol. The van der Waals surface area contributed by atoms with Crippen molar-refractivity contribution in [3.8, 4) is 17.4 Å². The van der Waals surface area contributed by atoms with E-state index in [1.54, 1.807) is 18.5 Å². The number of aromatic hydroxyl groups is 1. The van der Waals surface area contributed by atoms with Crippen molar-refractivity contribution in [3.05, 3.63) is 76.0 Å². The molecule has 2 N–H and O–H groups in total. The molecule has 1 aliphatic heterocycles. The fourth-order valence-corrected chi connectivity index (χ4v) is 3.56. The molecule has 0 aliphatic carbocycles. The Bertz CT molecular complexity index is 1080. The van der Waals surface area contributed by atoms with Crippen LogP contribution in [0.4, 0.5) is 0 Å². The molecule has 1 atom stereocenters. The van der Waals surface area contributed by atoms with E-state index in [1.165, 1.54) is 0 Å². The van der Waals surface area contributed by atoms with Crippen LogP contribution >= 0.6 is 11.6 Å². The number of phenols is 1. The topological polar surface area (TPSA) is 74.4 Å². The van der Waals surface area contributed by atoms with Crippen LogP contribution in [0.1, 0.15) is 22.6 Å². The molecule has 1 aliphatic rings. The van der Waals surface area contributed by atoms with E-state index in [0.29, 0.717) is 34.2 Å². The van der Waals surface area contributed by atoms with Gasteiger partial charge in [-0.15, -0.1) is 0 Å². The summed E-state index contributed by atoms with van der Waals surface area (Å²) < 4.78 is 7.78. The molecule has 1 aromatic heterocycles. The lowest BCUT2D eigenvalue weighted by molar-refractivity contribution is 0.370. The minimum atomic E-state index is -0.233. The Labute approximate surface area is 168 Å². The summed E-state index contributed by atoms with van der Waals surface area (Å²) in [5, 5.41) is 19.4. The number of likely N-dealkylation sites (N-methyl/N-ethyl adjacent to an activating group) is 1. The van der Waals surface area contributed by atoms with Crippen LogP contribution in [0.2, 0.25) is 5.02 Å². The van der Waals surface area contributed by atoms with E-state index in [0.717, 1.165) is 17.7 Å². The fraction of sp³-hybridized carbons (Fsp3) is 0.238. The standard InChI is InChI=1S/C21H21ClN4O2/c1-25(2)9-10-26-12-24-21-19(20(26)23)18(13-3-5-14(22)6-4-13)16-8-7-15(27)11-17(16)28-21/h3-8,11-12,18,23,27H,9-10H2,1-2H3. The number of nitrogens with zero attached hydrogens (tertiary/aromatic N) is 3. The SMILES string of the molecule is CN(C)CCn1cnc2c(c1=N)C(c1ccc(Cl)cc1)c1ccc(O)cc1O2. The molecule has 0 radical (unpaired) electrons. The van der Waals surface area contributed by atoms with Gasteiger partial charge in [-0.3, -0.25) is 5.41 Å². The predicted octanol–water partition coefficient (Wildman–Crippen LogP) is 3.57. The number of phenolic OH excluding ortho intramolecular Hbond substituents is 1. The summed E-state index contributed by atoms with van der Waals surface area (Å²) in [6, 6.07) is 12.6. The van der Waals surface area contributed by atoms with Crippen LogP contribution in [0.5, 0.6) is 17.4 Å². The molecular formula is C21H21ClN4O2. The molecule has 144 valence electrons. The highest BCUT2D eigenvalue weighted by Gasteiger charge is 2.32. The first kappa shape index (κ1) is 18.5. The van der Waals surface area contributed by atoms with Gasteiger partial charge in [0.2, 0.25) is 5.88 Å². The van der Waals surface area contributed by atoms with Crippen LogP contribution in [0.15, 0.2) is 48.8 Å². The maximum Gasteiger partial charge on any atom is 0.228 e. The van der Waals surface area contributed by atoms with Crippen molar-refractivity contribution in [3.63, 3.8) is 0 Å². The van der Waals surface area contributed by atoms with Crippen molar-refractivity contribution >= 4 is 11.6 Å². The van der Waals surface area contributed by atoms with Gasteiger partial charge < -0.3 is 19.3 Å². The molecule has 0 saturated heterocycles. The van der Waals surface area contributed by atoms with Crippen molar-refractivity contribution < 1.29 is 9.84 Å². The minimum absolute atomic E-state index is 0.125. The number of fused-ring (bicyclic) bond motifs is 2. The van der Waals surface area contributed by atoms with Crippen LogP contribution < -0.4 is 10.2 Å². The van der Waals surface area contributed by atoms with E-state index >= 15 is 0 Å². The smallest absolute Gasteiger partial charge is 0.228 e. The second-order valence-electron chi connectivity index (χ2n) is 7.12. The molecule has 0 fully saturated rings. The van der Waals surface area contributed by atoms with E-state index in [9.17, 15) is 5.11 Å². The Morgan fingerprint density at radius 1 is 1.21 bits per heavy atom. The Kier molecular flexibility index (Phi) is 4.83. The van der Waals surface area contributed by atoms with Crippen molar-refractivity contribution in [2.45, 2.75) is 12.5 Å². The summed E-state index contributed by atoms with van der Waals surface area (Å²) in [5.41, 5.74) is 2.95. The second-order valence-corrected chi connectivity index (χ2v) is 7.55. The zero-order chi connectivity index (χ0) is 19.8. The number of benzene rings is 2. The maximum absolute atomic E-state index is 9.89. The summed E-state index contributed by atoms with van der Waals surface area (Å²) >= 11 is 6.08. The molecule has 2 heterocycles. The summed E-state index contributed by atoms with van der Waals surface area (Å²) in [6.45, 7) is 1.45. The van der Waals surface area contributed by atoms with Crippen LogP contribution in [-0.4, -0.2) is 40.2 Å². The number of hydrogen-bond donors (Lipinski definition) is 2. The largest absolute Gasteiger partial charge is 0.508 e. The Morgan fingerprint density at radius 2 is 1.96 bits per heavy atom. The predicted molar refractivity (Wildman–Crippen MR) is 107 cm³/mol. The van der Waals surface area contributed by atoms with Crippen LogP contribution in [0.25, 0.3) is 0 Å². The number of halogens is 1. The summed E-state index contributed by atoms with van der Waals surface area (Å²) in [7, 11) is 4.00. The Balaban J connectivity index is 1.90. The third-order valence-corrected chi connectivity index (χ3v) is 5.13. The Morgan fingerprint density at radius 3 is 2.68 bits per heavy atom. The van der Waals surface area contributed by atoms with Gasteiger partial charge in [-0.1, -0.05) is 29.8 Å². The monoisotopic (exact) mass is 396 g/mol. The summed E-state index contributed by atoms with van der Waals surface area (Å²) in [5.74, 6) is 0.832. The first-order chi connectivity index (χ1) is 13.4. The van der Waals surface area contributed by atoms with E-state index in [-0.39, 0.29) is 11.7 Å². The third kappa shape index (κ3) is 3.37. The van der Waals surface area contributed by atoms with Crippen LogP contribution in [-0.2, 0) is 6.54 Å². The number of nitrogens with one attached hydrogen (secondary N) is 1. The molecular weight excluding hydrogens is 376 g/mol. The first-order valence-electron chi connectivity index (χ1n) is 8.99. The van der Waals surface area contributed by atoms with Gasteiger partial charge >= 0.3 is 0 Å². The van der Waals surface area contributed by atoms with Gasteiger partial charge in [-0.2, -0.15) is 0 Å². The van der Waals surface area contributed by atoms with Gasteiger partial charge in [0.25, 0.3) is 0 Å². The van der Waals surface area contributed by atoms with Crippen molar-refractivity contribution in [2.75, 3.05) is 20.6 Å². The number of ether oxygens (including phenoxy) is 1. The molecule has 0 amide bonds. The fourth-order valence-electron chi connectivity index (χ4n) is 3.44. The van der Waals surface area contributed by atoms with E-state index in [4.69, 9.17) is 21.7 Å². The Hall–Kier alpha value is -2.83. The molecule has 7 heteroatoms. The molecule has 2 aromatic carbocycles. The van der Waals surface area contributed by atoms with E-state index in [1.807, 2.05) is 49.0 Å². The maximum atomic E-state index is 9.89. The highest BCUT2D eigenvalue weighted by atomic mass is 35.5. The molecule has 6 nitrogen and oxygen atoms in total. The molecule has 0 bridgehead atoms. The molecule has 0 saturated carbocycles. The lowest BCUT2D eigenvalue weighted by Crippen LogP contribution is -2.32. The number of rotatable bonds is 4. The highest BCUT2D eigenvalue weighted by molar-refractivity contribution is 6.30. The average Bonchev–Trinajstić information content (AvgIpc) is 2.66. The molecule has 1 unspecified atom stereocenters. The van der Waals surface area contributed by atoms with E-state index in [2.05, 4.69) is 9.88 Å². The summed E-state index contributed by atoms with van der Waals surface area (Å²) in [4.78, 5) is 6.54. The summed E-state index contributed by atoms with van der Waals surface area (Å²) in [6.07, 6.45) is 1.64. The van der Waals surface area contributed by atoms with Crippen molar-refractivity contribution in [1.29, 1.82) is 5.41 Å². The number of hydrogen-bond acceptors (Lipinski definition) is 5. The highest BCUT2D eigenvalue weighted by Crippen LogP contribution is 2.46.